The summed E-state index contributed by atoms with van der Waals surface area (Å²) in [5.74, 6) is 0.118. The van der Waals surface area contributed by atoms with Gasteiger partial charge in [-0.05, 0) is 51.5 Å². The lowest BCUT2D eigenvalue weighted by molar-refractivity contribution is -0.120. The molecule has 4 heteroatoms. The van der Waals surface area contributed by atoms with Gasteiger partial charge in [-0.25, -0.2) is 0 Å². The molecule has 1 aromatic rings. The van der Waals surface area contributed by atoms with Crippen LogP contribution in [0.25, 0.3) is 0 Å². The van der Waals surface area contributed by atoms with E-state index >= 15 is 0 Å². The van der Waals surface area contributed by atoms with E-state index in [2.05, 4.69) is 47.6 Å². The Kier molecular flexibility index (Phi) is 7.83. The van der Waals surface area contributed by atoms with Gasteiger partial charge < -0.3 is 15.5 Å². The lowest BCUT2D eigenvalue weighted by Gasteiger charge is -2.14. The van der Waals surface area contributed by atoms with Gasteiger partial charge in [-0.15, -0.1) is 0 Å². The molecule has 21 heavy (non-hydrogen) atoms. The van der Waals surface area contributed by atoms with E-state index in [0.717, 1.165) is 25.9 Å². The Labute approximate surface area is 128 Å². The Hall–Kier alpha value is -1.55. The van der Waals surface area contributed by atoms with E-state index < -0.39 is 0 Å². The van der Waals surface area contributed by atoms with E-state index in [1.807, 2.05) is 14.1 Å². The maximum absolute atomic E-state index is 11.8. The van der Waals surface area contributed by atoms with Gasteiger partial charge in [0.2, 0.25) is 5.91 Å². The number of carbonyl (C=O) groups excluding carboxylic acids is 1. The topological polar surface area (TPSA) is 44.4 Å². The van der Waals surface area contributed by atoms with Gasteiger partial charge in [-0.1, -0.05) is 25.1 Å². The van der Waals surface area contributed by atoms with E-state index in [9.17, 15) is 4.79 Å². The molecule has 1 amide bonds. The van der Waals surface area contributed by atoms with Crippen LogP contribution in [-0.2, 0) is 11.2 Å². The van der Waals surface area contributed by atoms with Gasteiger partial charge in [-0.2, -0.15) is 0 Å². The molecular weight excluding hydrogens is 262 g/mol. The maximum Gasteiger partial charge on any atom is 0.221 e. The van der Waals surface area contributed by atoms with Crippen molar-refractivity contribution in [3.05, 3.63) is 29.3 Å². The molecule has 0 aliphatic rings. The standard InChI is InChI=1S/C17H29N3O/c1-5-15-9-6-8-14(2)17(15)19-12-10-16(21)18-11-7-13-20(3)4/h6,8-9,19H,5,7,10-13H2,1-4H3,(H,18,21). The second-order valence-electron chi connectivity index (χ2n) is 5.65. The van der Waals surface area contributed by atoms with Gasteiger partial charge >= 0.3 is 0 Å². The van der Waals surface area contributed by atoms with Gasteiger partial charge in [0.05, 0.1) is 0 Å². The van der Waals surface area contributed by atoms with Crippen molar-refractivity contribution in [3.63, 3.8) is 0 Å². The third kappa shape index (κ3) is 6.63. The first-order valence-corrected chi connectivity index (χ1v) is 7.78. The third-order valence-corrected chi connectivity index (χ3v) is 3.50. The summed E-state index contributed by atoms with van der Waals surface area (Å²) in [5, 5.41) is 6.36. The number of nitrogens with one attached hydrogen (secondary N) is 2. The zero-order valence-electron chi connectivity index (χ0n) is 13.8. The summed E-state index contributed by atoms with van der Waals surface area (Å²) in [4.78, 5) is 13.9. The fraction of sp³-hybridized carbons (Fsp3) is 0.588. The summed E-state index contributed by atoms with van der Waals surface area (Å²) in [5.41, 5.74) is 3.72. The van der Waals surface area contributed by atoms with Crippen LogP contribution < -0.4 is 10.6 Å². The van der Waals surface area contributed by atoms with E-state index in [0.29, 0.717) is 13.0 Å². The lowest BCUT2D eigenvalue weighted by atomic mass is 10.1. The van der Waals surface area contributed by atoms with Crippen molar-refractivity contribution in [3.8, 4) is 0 Å². The van der Waals surface area contributed by atoms with Crippen molar-refractivity contribution < 1.29 is 4.79 Å². The molecule has 4 nitrogen and oxygen atoms in total. The van der Waals surface area contributed by atoms with Crippen molar-refractivity contribution in [1.29, 1.82) is 0 Å². The SMILES string of the molecule is CCc1cccc(C)c1NCCC(=O)NCCCN(C)C. The minimum absolute atomic E-state index is 0.118. The molecular formula is C17H29N3O. The summed E-state index contributed by atoms with van der Waals surface area (Å²) in [7, 11) is 4.08. The van der Waals surface area contributed by atoms with Crippen LogP contribution in [0.3, 0.4) is 0 Å². The molecule has 1 aromatic carbocycles. The van der Waals surface area contributed by atoms with Crippen molar-refractivity contribution in [1.82, 2.24) is 10.2 Å². The first kappa shape index (κ1) is 17.5. The second kappa shape index (κ2) is 9.40. The molecule has 0 aliphatic carbocycles. The van der Waals surface area contributed by atoms with Crippen molar-refractivity contribution in [2.24, 2.45) is 0 Å². The number of carbonyl (C=O) groups is 1. The first-order valence-electron chi connectivity index (χ1n) is 7.78. The molecule has 1 rings (SSSR count). The summed E-state index contributed by atoms with van der Waals surface area (Å²) < 4.78 is 0. The number of para-hydroxylation sites is 1. The maximum atomic E-state index is 11.8. The fourth-order valence-electron chi connectivity index (χ4n) is 2.29. The molecule has 118 valence electrons. The number of benzene rings is 1. The highest BCUT2D eigenvalue weighted by molar-refractivity contribution is 5.76. The van der Waals surface area contributed by atoms with Crippen molar-refractivity contribution in [2.45, 2.75) is 33.1 Å². The molecule has 0 fully saturated rings. The zero-order chi connectivity index (χ0) is 15.7. The molecule has 0 aliphatic heterocycles. The third-order valence-electron chi connectivity index (χ3n) is 3.50. The molecule has 2 N–H and O–H groups in total. The smallest absolute Gasteiger partial charge is 0.221 e. The van der Waals surface area contributed by atoms with Gasteiger partial charge in [0.15, 0.2) is 0 Å². The number of nitrogens with zero attached hydrogens (tertiary/aromatic N) is 1. The Bertz CT molecular complexity index is 444. The highest BCUT2D eigenvalue weighted by atomic mass is 16.1. The number of rotatable bonds is 9. The van der Waals surface area contributed by atoms with Crippen LogP contribution in [0.5, 0.6) is 0 Å². The lowest BCUT2D eigenvalue weighted by Crippen LogP contribution is -2.28. The van der Waals surface area contributed by atoms with Crippen LogP contribution >= 0.6 is 0 Å². The summed E-state index contributed by atoms with van der Waals surface area (Å²) in [6.45, 7) is 6.68. The Morgan fingerprint density at radius 3 is 2.67 bits per heavy atom. The monoisotopic (exact) mass is 291 g/mol. The number of aryl methyl sites for hydroxylation is 2. The van der Waals surface area contributed by atoms with E-state index in [-0.39, 0.29) is 5.91 Å². The Morgan fingerprint density at radius 1 is 1.24 bits per heavy atom. The van der Waals surface area contributed by atoms with E-state index in [1.165, 1.54) is 16.8 Å². The molecule has 0 saturated carbocycles. The van der Waals surface area contributed by atoms with Gasteiger partial charge in [0.1, 0.15) is 0 Å². The van der Waals surface area contributed by atoms with Crippen LogP contribution in [-0.4, -0.2) is 44.5 Å². The summed E-state index contributed by atoms with van der Waals surface area (Å²) >= 11 is 0. The molecule has 0 bridgehead atoms. The zero-order valence-corrected chi connectivity index (χ0v) is 13.8. The van der Waals surface area contributed by atoms with Crippen molar-refractivity contribution >= 4 is 11.6 Å². The van der Waals surface area contributed by atoms with Crippen molar-refractivity contribution in [2.75, 3.05) is 39.0 Å². The predicted molar refractivity (Wildman–Crippen MR) is 89.8 cm³/mol. The normalized spacial score (nSPS) is 10.7. The van der Waals surface area contributed by atoms with Gasteiger partial charge in [-0.3, -0.25) is 4.79 Å². The Morgan fingerprint density at radius 2 is 2.00 bits per heavy atom. The van der Waals surface area contributed by atoms with Crippen LogP contribution in [0.4, 0.5) is 5.69 Å². The molecule has 0 spiro atoms. The first-order chi connectivity index (χ1) is 10.0. The fourth-order valence-corrected chi connectivity index (χ4v) is 2.29. The molecule has 0 saturated heterocycles. The molecule has 0 aromatic heterocycles. The predicted octanol–water partition coefficient (Wildman–Crippen LogP) is 2.43. The van der Waals surface area contributed by atoms with Crippen LogP contribution in [0.15, 0.2) is 18.2 Å². The highest BCUT2D eigenvalue weighted by Crippen LogP contribution is 2.20. The number of hydrogen-bond donors (Lipinski definition) is 2. The molecule has 0 unspecified atom stereocenters. The summed E-state index contributed by atoms with van der Waals surface area (Å²) in [6, 6.07) is 6.32. The Balaban J connectivity index is 2.29. The quantitative estimate of drug-likeness (QED) is 0.687. The van der Waals surface area contributed by atoms with Crippen LogP contribution in [0, 0.1) is 6.92 Å². The average Bonchev–Trinajstić information content (AvgIpc) is 2.45. The largest absolute Gasteiger partial charge is 0.384 e. The van der Waals surface area contributed by atoms with Crippen LogP contribution in [0.2, 0.25) is 0 Å². The minimum atomic E-state index is 0.118. The highest BCUT2D eigenvalue weighted by Gasteiger charge is 2.05. The molecule has 0 radical (unpaired) electrons. The number of anilines is 1. The minimum Gasteiger partial charge on any atom is -0.384 e. The van der Waals surface area contributed by atoms with Crippen LogP contribution in [0.1, 0.15) is 30.9 Å². The van der Waals surface area contributed by atoms with Gasteiger partial charge in [0, 0.05) is 25.2 Å². The van der Waals surface area contributed by atoms with E-state index in [4.69, 9.17) is 0 Å². The van der Waals surface area contributed by atoms with Gasteiger partial charge in [0.25, 0.3) is 0 Å². The van der Waals surface area contributed by atoms with E-state index in [1.54, 1.807) is 0 Å². The molecule has 0 atom stereocenters. The summed E-state index contributed by atoms with van der Waals surface area (Å²) in [6.07, 6.45) is 2.50. The number of amides is 1. The average molecular weight is 291 g/mol. The second-order valence-corrected chi connectivity index (χ2v) is 5.65. The number of hydrogen-bond acceptors (Lipinski definition) is 3. The molecule has 0 heterocycles.